The Kier molecular flexibility index (Phi) is 5.04. The van der Waals surface area contributed by atoms with Crippen LogP contribution in [-0.2, 0) is 4.79 Å². The van der Waals surface area contributed by atoms with Crippen LogP contribution in [0.15, 0.2) is 28.2 Å². The van der Waals surface area contributed by atoms with Gasteiger partial charge in [-0.25, -0.2) is 4.98 Å². The maximum atomic E-state index is 12.4. The highest BCUT2D eigenvalue weighted by Crippen LogP contribution is 2.33. The molecule has 4 rings (SSSR count). The van der Waals surface area contributed by atoms with Crippen molar-refractivity contribution in [2.75, 3.05) is 5.32 Å². The average Bonchev–Trinajstić information content (AvgIpc) is 3.26. The minimum absolute atomic E-state index is 0. The Bertz CT molecular complexity index is 644. The number of halogens is 1. The van der Waals surface area contributed by atoms with Crippen LogP contribution in [0.4, 0.5) is 5.13 Å². The number of hydrogen-bond donors (Lipinski definition) is 2. The summed E-state index contributed by atoms with van der Waals surface area (Å²) in [6.45, 7) is 0. The molecule has 23 heavy (non-hydrogen) atoms. The van der Waals surface area contributed by atoms with E-state index in [4.69, 9.17) is 4.42 Å². The molecule has 0 bridgehead atoms. The molecule has 1 amide bonds. The Hall–Kier alpha value is -1.37. The zero-order valence-corrected chi connectivity index (χ0v) is 14.3. The molecule has 7 heteroatoms. The zero-order chi connectivity index (χ0) is 14.9. The van der Waals surface area contributed by atoms with E-state index in [9.17, 15) is 4.79 Å². The summed E-state index contributed by atoms with van der Waals surface area (Å²) in [5.74, 6) is 1.43. The predicted octanol–water partition coefficient (Wildman–Crippen LogP) is 3.68. The van der Waals surface area contributed by atoms with E-state index in [1.54, 1.807) is 6.26 Å². The third-order valence-electron chi connectivity index (χ3n) is 4.69. The van der Waals surface area contributed by atoms with E-state index < -0.39 is 0 Å². The van der Waals surface area contributed by atoms with Gasteiger partial charge >= 0.3 is 0 Å². The second-order valence-electron chi connectivity index (χ2n) is 6.11. The summed E-state index contributed by atoms with van der Waals surface area (Å²) in [6, 6.07) is 4.14. The number of amides is 1. The smallest absolute Gasteiger partial charge is 0.243 e. The van der Waals surface area contributed by atoms with Crippen LogP contribution in [0, 0.1) is 5.92 Å². The number of nitrogens with one attached hydrogen (secondary N) is 2. The normalized spacial score (nSPS) is 26.3. The lowest BCUT2D eigenvalue weighted by molar-refractivity contribution is -0.117. The van der Waals surface area contributed by atoms with Crippen molar-refractivity contribution in [2.24, 2.45) is 5.92 Å². The molecular formula is C16H20ClN3O2S. The van der Waals surface area contributed by atoms with Crippen molar-refractivity contribution >= 4 is 34.8 Å². The quantitative estimate of drug-likeness (QED) is 0.883. The van der Waals surface area contributed by atoms with Crippen molar-refractivity contribution in [1.82, 2.24) is 10.3 Å². The molecule has 124 valence electrons. The minimum Gasteiger partial charge on any atom is -0.463 e. The molecule has 3 unspecified atom stereocenters. The first-order valence-corrected chi connectivity index (χ1v) is 8.74. The van der Waals surface area contributed by atoms with Gasteiger partial charge < -0.3 is 15.1 Å². The fraction of sp³-hybridized carbons (Fsp3) is 0.500. The Labute approximate surface area is 145 Å². The molecule has 1 saturated heterocycles. The first-order chi connectivity index (χ1) is 10.8. The van der Waals surface area contributed by atoms with Gasteiger partial charge in [0.25, 0.3) is 0 Å². The first-order valence-electron chi connectivity index (χ1n) is 7.86. The fourth-order valence-electron chi connectivity index (χ4n) is 3.58. The van der Waals surface area contributed by atoms with Gasteiger partial charge in [-0.3, -0.25) is 4.79 Å². The fourth-order valence-corrected chi connectivity index (χ4v) is 4.28. The molecule has 5 nitrogen and oxygen atoms in total. The molecule has 2 fully saturated rings. The van der Waals surface area contributed by atoms with Gasteiger partial charge in [0.05, 0.1) is 12.3 Å². The number of nitrogens with zero attached hydrogens (tertiary/aromatic N) is 1. The van der Waals surface area contributed by atoms with E-state index in [0.29, 0.717) is 17.1 Å². The van der Waals surface area contributed by atoms with Crippen molar-refractivity contribution in [3.8, 4) is 11.5 Å². The van der Waals surface area contributed by atoms with Crippen LogP contribution in [0.25, 0.3) is 11.5 Å². The van der Waals surface area contributed by atoms with Crippen LogP contribution in [0.5, 0.6) is 0 Å². The molecule has 2 aliphatic rings. The van der Waals surface area contributed by atoms with E-state index in [-0.39, 0.29) is 24.4 Å². The summed E-state index contributed by atoms with van der Waals surface area (Å²) in [5.41, 5.74) is 0.762. The number of carbonyl (C=O) groups excluding carboxylic acids is 1. The van der Waals surface area contributed by atoms with Crippen LogP contribution in [-0.4, -0.2) is 23.0 Å². The zero-order valence-electron chi connectivity index (χ0n) is 12.7. The van der Waals surface area contributed by atoms with Crippen LogP contribution in [0.1, 0.15) is 32.1 Å². The lowest BCUT2D eigenvalue weighted by Gasteiger charge is -2.24. The number of furan rings is 1. The summed E-state index contributed by atoms with van der Waals surface area (Å²) < 4.78 is 5.32. The van der Waals surface area contributed by atoms with Crippen molar-refractivity contribution < 1.29 is 9.21 Å². The average molecular weight is 354 g/mol. The summed E-state index contributed by atoms with van der Waals surface area (Å²) in [6.07, 6.45) is 7.61. The van der Waals surface area contributed by atoms with Gasteiger partial charge in [0.15, 0.2) is 10.9 Å². The lowest BCUT2D eigenvalue weighted by atomic mass is 9.85. The molecule has 2 N–H and O–H groups in total. The van der Waals surface area contributed by atoms with Gasteiger partial charge in [0.1, 0.15) is 5.69 Å². The van der Waals surface area contributed by atoms with Crippen LogP contribution >= 0.6 is 23.7 Å². The topological polar surface area (TPSA) is 67.2 Å². The lowest BCUT2D eigenvalue weighted by Crippen LogP contribution is -2.39. The first kappa shape index (κ1) is 16.5. The molecule has 1 aliphatic heterocycles. The van der Waals surface area contributed by atoms with Gasteiger partial charge in [0, 0.05) is 11.4 Å². The van der Waals surface area contributed by atoms with E-state index in [0.717, 1.165) is 17.9 Å². The van der Waals surface area contributed by atoms with E-state index >= 15 is 0 Å². The number of carbonyl (C=O) groups is 1. The van der Waals surface area contributed by atoms with Gasteiger partial charge in [-0.15, -0.1) is 23.7 Å². The molecule has 1 saturated carbocycles. The number of fused-ring (bicyclic) bond motifs is 1. The molecule has 3 heterocycles. The van der Waals surface area contributed by atoms with Crippen LogP contribution in [0.2, 0.25) is 0 Å². The maximum Gasteiger partial charge on any atom is 0.243 e. The van der Waals surface area contributed by atoms with E-state index in [1.165, 1.54) is 37.0 Å². The standard InChI is InChI=1S/C16H19N3O2S.ClH/c20-15(12-8-10-4-1-2-5-11(10)17-12)19-16-18-13(9-22-16)14-6-3-7-21-14;/h3,6-7,9-12,17H,1-2,4-5,8H2,(H,18,19,20);1H. The highest BCUT2D eigenvalue weighted by Gasteiger charge is 2.38. The monoisotopic (exact) mass is 353 g/mol. The second-order valence-corrected chi connectivity index (χ2v) is 6.97. The molecular weight excluding hydrogens is 334 g/mol. The van der Waals surface area contributed by atoms with E-state index in [2.05, 4.69) is 15.6 Å². The predicted molar refractivity (Wildman–Crippen MR) is 93.0 cm³/mol. The van der Waals surface area contributed by atoms with Crippen molar-refractivity contribution in [3.63, 3.8) is 0 Å². The molecule has 1 aliphatic carbocycles. The number of thiazole rings is 1. The number of rotatable bonds is 3. The van der Waals surface area contributed by atoms with Gasteiger partial charge in [-0.1, -0.05) is 12.8 Å². The molecule has 0 spiro atoms. The number of aromatic nitrogens is 1. The summed E-state index contributed by atoms with van der Waals surface area (Å²) in [5, 5.41) is 8.97. The Balaban J connectivity index is 0.00000156. The molecule has 3 atom stereocenters. The minimum atomic E-state index is -0.0796. The van der Waals surface area contributed by atoms with Gasteiger partial charge in [0.2, 0.25) is 5.91 Å². The summed E-state index contributed by atoms with van der Waals surface area (Å²) in [7, 11) is 0. The van der Waals surface area contributed by atoms with E-state index in [1.807, 2.05) is 17.5 Å². The number of anilines is 1. The van der Waals surface area contributed by atoms with Crippen molar-refractivity contribution in [3.05, 3.63) is 23.8 Å². The van der Waals surface area contributed by atoms with Crippen LogP contribution < -0.4 is 10.6 Å². The van der Waals surface area contributed by atoms with Gasteiger partial charge in [-0.2, -0.15) is 0 Å². The van der Waals surface area contributed by atoms with Crippen LogP contribution in [0.3, 0.4) is 0 Å². The number of hydrogen-bond acceptors (Lipinski definition) is 5. The molecule has 2 aromatic rings. The third-order valence-corrected chi connectivity index (χ3v) is 5.44. The maximum absolute atomic E-state index is 12.4. The largest absolute Gasteiger partial charge is 0.463 e. The van der Waals surface area contributed by atoms with Crippen molar-refractivity contribution in [1.29, 1.82) is 0 Å². The summed E-state index contributed by atoms with van der Waals surface area (Å²) >= 11 is 1.43. The molecule has 2 aromatic heterocycles. The molecule has 0 aromatic carbocycles. The van der Waals surface area contributed by atoms with Gasteiger partial charge in [-0.05, 0) is 37.3 Å². The second kappa shape index (κ2) is 7.03. The Morgan fingerprint density at radius 3 is 3.04 bits per heavy atom. The third kappa shape index (κ3) is 3.44. The Morgan fingerprint density at radius 2 is 2.26 bits per heavy atom. The molecule has 0 radical (unpaired) electrons. The highest BCUT2D eigenvalue weighted by atomic mass is 35.5. The SMILES string of the molecule is Cl.O=C(Nc1nc(-c2ccco2)cs1)C1CC2CCCCC2N1. The van der Waals surface area contributed by atoms with Crippen molar-refractivity contribution in [2.45, 2.75) is 44.2 Å². The summed E-state index contributed by atoms with van der Waals surface area (Å²) in [4.78, 5) is 16.8. The highest BCUT2D eigenvalue weighted by molar-refractivity contribution is 7.14. The Morgan fingerprint density at radius 1 is 1.39 bits per heavy atom.